The van der Waals surface area contributed by atoms with Crippen molar-refractivity contribution in [3.63, 3.8) is 0 Å². The Morgan fingerprint density at radius 1 is 0.833 bits per heavy atom. The predicted molar refractivity (Wildman–Crippen MR) is 120 cm³/mol. The number of para-hydroxylation sites is 2. The monoisotopic (exact) mass is 397 g/mol. The van der Waals surface area contributed by atoms with Crippen LogP contribution in [0.2, 0.25) is 0 Å². The number of pyridine rings is 1. The molecule has 1 saturated heterocycles. The minimum atomic E-state index is -0.374. The minimum Gasteiger partial charge on any atom is -0.399 e. The van der Waals surface area contributed by atoms with Crippen molar-refractivity contribution in [3.8, 4) is 17.1 Å². The number of nitrogens with zero attached hydrogens (tertiary/aromatic N) is 3. The third-order valence-corrected chi connectivity index (χ3v) is 6.16. The van der Waals surface area contributed by atoms with Crippen LogP contribution >= 0.6 is 0 Å². The van der Waals surface area contributed by atoms with Gasteiger partial charge in [0, 0.05) is 23.6 Å². The molecule has 0 atom stereocenters. The molecule has 30 heavy (non-hydrogen) atoms. The van der Waals surface area contributed by atoms with Gasteiger partial charge in [0.1, 0.15) is 5.82 Å². The van der Waals surface area contributed by atoms with Crippen molar-refractivity contribution in [1.29, 1.82) is 0 Å². The summed E-state index contributed by atoms with van der Waals surface area (Å²) in [6, 6.07) is 20.4. The quantitative estimate of drug-likeness (QED) is 0.482. The van der Waals surface area contributed by atoms with E-state index in [0.29, 0.717) is 0 Å². The summed E-state index contributed by atoms with van der Waals surface area (Å²) < 4.78 is 14.6. The highest BCUT2D eigenvalue weighted by Gasteiger charge is 2.51. The molecule has 0 aliphatic carbocycles. The van der Waals surface area contributed by atoms with E-state index in [4.69, 9.17) is 14.3 Å². The number of hydrogen-bond acceptors (Lipinski definition) is 4. The second-order valence-corrected chi connectivity index (χ2v) is 8.68. The number of benzene rings is 2. The highest BCUT2D eigenvalue weighted by atomic mass is 16.7. The molecule has 5 nitrogen and oxygen atoms in total. The average Bonchev–Trinajstić information content (AvgIpc) is 3.23. The summed E-state index contributed by atoms with van der Waals surface area (Å²) in [6.07, 6.45) is 3.62. The van der Waals surface area contributed by atoms with E-state index in [0.717, 1.165) is 33.6 Å². The van der Waals surface area contributed by atoms with Crippen LogP contribution in [0.1, 0.15) is 27.7 Å². The van der Waals surface area contributed by atoms with Crippen LogP contribution in [0.3, 0.4) is 0 Å². The van der Waals surface area contributed by atoms with Crippen molar-refractivity contribution in [2.45, 2.75) is 38.9 Å². The molecular weight excluding hydrogens is 373 g/mol. The Balaban J connectivity index is 1.57. The van der Waals surface area contributed by atoms with Crippen molar-refractivity contribution in [2.24, 2.45) is 0 Å². The highest BCUT2D eigenvalue weighted by molar-refractivity contribution is 6.62. The van der Waals surface area contributed by atoms with E-state index < -0.39 is 0 Å². The molecule has 4 aromatic rings. The molecule has 5 rings (SSSR count). The van der Waals surface area contributed by atoms with E-state index in [9.17, 15) is 0 Å². The molecule has 0 amide bonds. The van der Waals surface area contributed by atoms with Crippen molar-refractivity contribution >= 4 is 23.6 Å². The van der Waals surface area contributed by atoms with Gasteiger partial charge in [-0.1, -0.05) is 24.3 Å². The predicted octanol–water partition coefficient (Wildman–Crippen LogP) is 4.39. The van der Waals surface area contributed by atoms with Crippen LogP contribution in [0.15, 0.2) is 73.1 Å². The molecule has 150 valence electrons. The van der Waals surface area contributed by atoms with Crippen LogP contribution in [0, 0.1) is 0 Å². The molecule has 0 radical (unpaired) electrons. The molecule has 1 aliphatic heterocycles. The topological polar surface area (TPSA) is 49.2 Å². The number of fused-ring (bicyclic) bond motifs is 1. The van der Waals surface area contributed by atoms with E-state index >= 15 is 0 Å². The lowest BCUT2D eigenvalue weighted by Crippen LogP contribution is -2.41. The standard InChI is InChI=1S/C24H24BN3O2/c1-23(2)24(3,4)30-25(29-23)18-11-13-19(14-12-18)28-21-10-6-5-9-20(21)27-22(28)17-8-7-15-26-16-17/h5-16H,1-4H3. The van der Waals surface area contributed by atoms with E-state index in [1.165, 1.54) is 0 Å². The fourth-order valence-corrected chi connectivity index (χ4v) is 3.74. The SMILES string of the molecule is CC1(C)OB(c2ccc(-n3c(-c4cccnc4)nc4ccccc43)cc2)OC1(C)C. The number of aromatic nitrogens is 3. The first-order valence-electron chi connectivity index (χ1n) is 10.2. The Kier molecular flexibility index (Phi) is 4.31. The van der Waals surface area contributed by atoms with Gasteiger partial charge >= 0.3 is 7.12 Å². The summed E-state index contributed by atoms with van der Waals surface area (Å²) in [5.74, 6) is 0.868. The van der Waals surface area contributed by atoms with E-state index in [2.05, 4.69) is 67.6 Å². The Labute approximate surface area is 176 Å². The number of rotatable bonds is 3. The largest absolute Gasteiger partial charge is 0.494 e. The van der Waals surface area contributed by atoms with Gasteiger partial charge in [-0.05, 0) is 69.6 Å². The van der Waals surface area contributed by atoms with Crippen molar-refractivity contribution in [1.82, 2.24) is 14.5 Å². The Morgan fingerprint density at radius 2 is 1.53 bits per heavy atom. The van der Waals surface area contributed by atoms with Gasteiger partial charge in [-0.25, -0.2) is 4.98 Å². The summed E-state index contributed by atoms with van der Waals surface area (Å²) in [4.78, 5) is 9.14. The smallest absolute Gasteiger partial charge is 0.399 e. The van der Waals surface area contributed by atoms with E-state index in [1.54, 1.807) is 6.20 Å². The first kappa shape index (κ1) is 19.0. The zero-order valence-electron chi connectivity index (χ0n) is 17.7. The number of imidazole rings is 1. The normalized spacial score (nSPS) is 17.5. The maximum atomic E-state index is 6.19. The maximum Gasteiger partial charge on any atom is 0.494 e. The molecule has 0 spiro atoms. The van der Waals surface area contributed by atoms with Gasteiger partial charge in [0.15, 0.2) is 0 Å². The fraction of sp³-hybridized carbons (Fsp3) is 0.250. The van der Waals surface area contributed by atoms with E-state index in [1.807, 2.05) is 36.5 Å². The minimum absolute atomic E-state index is 0.357. The van der Waals surface area contributed by atoms with Gasteiger partial charge in [0.25, 0.3) is 0 Å². The van der Waals surface area contributed by atoms with Gasteiger partial charge in [-0.3, -0.25) is 9.55 Å². The Morgan fingerprint density at radius 3 is 2.20 bits per heavy atom. The lowest BCUT2D eigenvalue weighted by Gasteiger charge is -2.32. The van der Waals surface area contributed by atoms with E-state index in [-0.39, 0.29) is 18.3 Å². The van der Waals surface area contributed by atoms with Gasteiger partial charge in [-0.15, -0.1) is 0 Å². The first-order valence-corrected chi connectivity index (χ1v) is 10.2. The van der Waals surface area contributed by atoms with Crippen LogP contribution < -0.4 is 5.46 Å². The lowest BCUT2D eigenvalue weighted by atomic mass is 9.79. The van der Waals surface area contributed by atoms with Crippen LogP contribution in [-0.4, -0.2) is 32.9 Å². The van der Waals surface area contributed by atoms with Crippen LogP contribution in [0.4, 0.5) is 0 Å². The van der Waals surface area contributed by atoms with Gasteiger partial charge in [0.2, 0.25) is 0 Å². The molecule has 0 N–H and O–H groups in total. The Hall–Kier alpha value is -2.96. The molecule has 6 heteroatoms. The molecule has 1 fully saturated rings. The van der Waals surface area contributed by atoms with Crippen LogP contribution in [-0.2, 0) is 9.31 Å². The molecule has 2 aromatic heterocycles. The summed E-state index contributed by atoms with van der Waals surface area (Å²) in [7, 11) is -0.374. The fourth-order valence-electron chi connectivity index (χ4n) is 3.74. The maximum absolute atomic E-state index is 6.19. The van der Waals surface area contributed by atoms with Gasteiger partial charge in [-0.2, -0.15) is 0 Å². The van der Waals surface area contributed by atoms with Crippen LogP contribution in [0.5, 0.6) is 0 Å². The highest BCUT2D eigenvalue weighted by Crippen LogP contribution is 2.36. The molecular formula is C24H24BN3O2. The van der Waals surface area contributed by atoms with Gasteiger partial charge < -0.3 is 9.31 Å². The Bertz CT molecular complexity index is 1180. The second-order valence-electron chi connectivity index (χ2n) is 8.68. The van der Waals surface area contributed by atoms with Crippen molar-refractivity contribution in [2.75, 3.05) is 0 Å². The van der Waals surface area contributed by atoms with Crippen LogP contribution in [0.25, 0.3) is 28.1 Å². The van der Waals surface area contributed by atoms with Crippen molar-refractivity contribution in [3.05, 3.63) is 73.1 Å². The molecule has 3 heterocycles. The first-order chi connectivity index (χ1) is 14.4. The second kappa shape index (κ2) is 6.79. The average molecular weight is 397 g/mol. The molecule has 1 aliphatic rings. The van der Waals surface area contributed by atoms with Gasteiger partial charge in [0.05, 0.1) is 22.2 Å². The third-order valence-electron chi connectivity index (χ3n) is 6.16. The lowest BCUT2D eigenvalue weighted by molar-refractivity contribution is 0.00578. The van der Waals surface area contributed by atoms with Crippen molar-refractivity contribution < 1.29 is 9.31 Å². The molecule has 2 aromatic carbocycles. The zero-order valence-corrected chi connectivity index (χ0v) is 17.7. The number of hydrogen-bond donors (Lipinski definition) is 0. The summed E-state index contributed by atoms with van der Waals surface area (Å²) >= 11 is 0. The molecule has 0 unspecified atom stereocenters. The molecule has 0 saturated carbocycles. The summed E-state index contributed by atoms with van der Waals surface area (Å²) in [5.41, 5.74) is 4.30. The summed E-state index contributed by atoms with van der Waals surface area (Å²) in [5, 5.41) is 0. The molecule has 0 bridgehead atoms. The zero-order chi connectivity index (χ0) is 20.9. The summed E-state index contributed by atoms with van der Waals surface area (Å²) in [6.45, 7) is 8.27. The third kappa shape index (κ3) is 3.04.